The Labute approximate surface area is 102 Å². The summed E-state index contributed by atoms with van der Waals surface area (Å²) in [7, 11) is 0. The summed E-state index contributed by atoms with van der Waals surface area (Å²) < 4.78 is 0. The molecule has 0 bridgehead atoms. The second-order valence-corrected chi connectivity index (χ2v) is 4.64. The minimum Gasteiger partial charge on any atom is -0.175 e. The molecule has 0 saturated heterocycles. The van der Waals surface area contributed by atoms with Crippen LogP contribution >= 0.6 is 12.6 Å². The first kappa shape index (κ1) is 15.1. The highest BCUT2D eigenvalue weighted by atomic mass is 32.1. The molecule has 0 aliphatic heterocycles. The molecule has 0 aromatic rings. The number of thiol groups is 1. The van der Waals surface area contributed by atoms with Crippen LogP contribution in [0.15, 0.2) is 12.2 Å². The zero-order valence-electron chi connectivity index (χ0n) is 10.4. The van der Waals surface area contributed by atoms with E-state index >= 15 is 0 Å². The standard InChI is InChI=1S/C14H28S/c1-2-3-4-5-6-7-8-9-10-11-12-13-14-15/h12-13,15H,2-11,14H2,1H3. The zero-order valence-corrected chi connectivity index (χ0v) is 11.3. The minimum atomic E-state index is 0.886. The molecule has 0 radical (unpaired) electrons. The van der Waals surface area contributed by atoms with Crippen molar-refractivity contribution in [2.24, 2.45) is 0 Å². The predicted molar refractivity (Wildman–Crippen MR) is 74.8 cm³/mol. The molecular weight excluding hydrogens is 200 g/mol. The molecule has 0 rings (SSSR count). The number of hydrogen-bond acceptors (Lipinski definition) is 1. The van der Waals surface area contributed by atoms with Gasteiger partial charge in [0, 0.05) is 5.75 Å². The van der Waals surface area contributed by atoms with E-state index in [1.54, 1.807) is 0 Å². The van der Waals surface area contributed by atoms with Crippen LogP contribution in [0, 0.1) is 0 Å². The Morgan fingerprint density at radius 1 is 0.733 bits per heavy atom. The molecule has 0 fully saturated rings. The molecule has 0 aliphatic rings. The van der Waals surface area contributed by atoms with Gasteiger partial charge in [0.15, 0.2) is 0 Å². The molecular formula is C14H28S. The van der Waals surface area contributed by atoms with Crippen molar-refractivity contribution in [3.05, 3.63) is 12.2 Å². The van der Waals surface area contributed by atoms with Crippen LogP contribution in [0.5, 0.6) is 0 Å². The van der Waals surface area contributed by atoms with Crippen molar-refractivity contribution >= 4 is 12.6 Å². The monoisotopic (exact) mass is 228 g/mol. The third-order valence-corrected chi connectivity index (χ3v) is 2.96. The molecule has 0 nitrogen and oxygen atoms in total. The number of hydrogen-bond donors (Lipinski definition) is 1. The largest absolute Gasteiger partial charge is 0.175 e. The lowest BCUT2D eigenvalue weighted by molar-refractivity contribution is 0.566. The molecule has 0 atom stereocenters. The second-order valence-electron chi connectivity index (χ2n) is 4.27. The zero-order chi connectivity index (χ0) is 11.2. The van der Waals surface area contributed by atoms with Crippen LogP contribution in [-0.4, -0.2) is 5.75 Å². The Morgan fingerprint density at radius 2 is 1.27 bits per heavy atom. The van der Waals surface area contributed by atoms with E-state index in [1.807, 2.05) is 0 Å². The molecule has 0 aromatic heterocycles. The number of unbranched alkanes of at least 4 members (excludes halogenated alkanes) is 9. The lowest BCUT2D eigenvalue weighted by Crippen LogP contribution is -1.80. The second kappa shape index (κ2) is 14.1. The van der Waals surface area contributed by atoms with E-state index in [-0.39, 0.29) is 0 Å². The van der Waals surface area contributed by atoms with Gasteiger partial charge < -0.3 is 0 Å². The fourth-order valence-corrected chi connectivity index (χ4v) is 1.91. The molecule has 0 spiro atoms. The summed E-state index contributed by atoms with van der Waals surface area (Å²) in [5.41, 5.74) is 0. The Kier molecular flexibility index (Phi) is 14.2. The summed E-state index contributed by atoms with van der Waals surface area (Å²) in [5.74, 6) is 0.886. The quantitative estimate of drug-likeness (QED) is 0.273. The van der Waals surface area contributed by atoms with Crippen molar-refractivity contribution in [1.82, 2.24) is 0 Å². The summed E-state index contributed by atoms with van der Waals surface area (Å²) in [6.07, 6.45) is 18.4. The van der Waals surface area contributed by atoms with Crippen molar-refractivity contribution in [2.75, 3.05) is 5.75 Å². The van der Waals surface area contributed by atoms with Crippen molar-refractivity contribution in [3.8, 4) is 0 Å². The molecule has 0 N–H and O–H groups in total. The average Bonchev–Trinajstić information content (AvgIpc) is 2.26. The van der Waals surface area contributed by atoms with Crippen LogP contribution in [0.25, 0.3) is 0 Å². The Morgan fingerprint density at radius 3 is 1.80 bits per heavy atom. The smallest absolute Gasteiger partial charge is 0.00825 e. The SMILES string of the molecule is CCCCCCCCCCCC=CCS. The van der Waals surface area contributed by atoms with Crippen molar-refractivity contribution < 1.29 is 0 Å². The van der Waals surface area contributed by atoms with Gasteiger partial charge in [-0.05, 0) is 12.8 Å². The maximum atomic E-state index is 4.13. The highest BCUT2D eigenvalue weighted by Gasteiger charge is 1.90. The van der Waals surface area contributed by atoms with Crippen LogP contribution in [0.3, 0.4) is 0 Å². The Balaban J connectivity index is 2.89. The van der Waals surface area contributed by atoms with E-state index in [4.69, 9.17) is 0 Å². The molecule has 0 heterocycles. The summed E-state index contributed by atoms with van der Waals surface area (Å²) in [6.45, 7) is 2.28. The van der Waals surface area contributed by atoms with Gasteiger partial charge in [0.25, 0.3) is 0 Å². The normalized spacial score (nSPS) is 11.3. The van der Waals surface area contributed by atoms with Crippen LogP contribution in [0.2, 0.25) is 0 Å². The summed E-state index contributed by atoms with van der Waals surface area (Å²) >= 11 is 4.13. The minimum absolute atomic E-state index is 0.886. The van der Waals surface area contributed by atoms with Gasteiger partial charge in [-0.1, -0.05) is 70.4 Å². The molecule has 0 amide bonds. The van der Waals surface area contributed by atoms with E-state index in [1.165, 1.54) is 64.2 Å². The Hall–Kier alpha value is 0.0900. The van der Waals surface area contributed by atoms with E-state index in [9.17, 15) is 0 Å². The van der Waals surface area contributed by atoms with Crippen LogP contribution < -0.4 is 0 Å². The average molecular weight is 228 g/mol. The Bertz CT molecular complexity index is 129. The fourth-order valence-electron chi connectivity index (χ4n) is 1.77. The van der Waals surface area contributed by atoms with Crippen molar-refractivity contribution in [2.45, 2.75) is 71.1 Å². The molecule has 90 valence electrons. The van der Waals surface area contributed by atoms with Crippen LogP contribution in [0.1, 0.15) is 71.1 Å². The van der Waals surface area contributed by atoms with Gasteiger partial charge in [0.1, 0.15) is 0 Å². The summed E-state index contributed by atoms with van der Waals surface area (Å²) in [6, 6.07) is 0. The van der Waals surface area contributed by atoms with E-state index < -0.39 is 0 Å². The van der Waals surface area contributed by atoms with Gasteiger partial charge in [-0.15, -0.1) is 0 Å². The first-order chi connectivity index (χ1) is 7.41. The lowest BCUT2D eigenvalue weighted by Gasteiger charge is -2.00. The molecule has 0 saturated carbocycles. The van der Waals surface area contributed by atoms with Gasteiger partial charge in [0.05, 0.1) is 0 Å². The highest BCUT2D eigenvalue weighted by Crippen LogP contribution is 2.10. The topological polar surface area (TPSA) is 0 Å². The molecule has 15 heavy (non-hydrogen) atoms. The summed E-state index contributed by atoms with van der Waals surface area (Å²) in [5, 5.41) is 0. The third-order valence-electron chi connectivity index (χ3n) is 2.75. The van der Waals surface area contributed by atoms with Crippen molar-refractivity contribution in [3.63, 3.8) is 0 Å². The van der Waals surface area contributed by atoms with Gasteiger partial charge in [-0.3, -0.25) is 0 Å². The highest BCUT2D eigenvalue weighted by molar-refractivity contribution is 7.80. The van der Waals surface area contributed by atoms with E-state index in [0.717, 1.165) is 5.75 Å². The van der Waals surface area contributed by atoms with Gasteiger partial charge >= 0.3 is 0 Å². The maximum Gasteiger partial charge on any atom is 0.00825 e. The third kappa shape index (κ3) is 14.1. The number of rotatable bonds is 11. The predicted octanol–water partition coefficient (Wildman–Crippen LogP) is 5.39. The molecule has 0 unspecified atom stereocenters. The lowest BCUT2D eigenvalue weighted by atomic mass is 10.1. The maximum absolute atomic E-state index is 4.13. The van der Waals surface area contributed by atoms with Crippen molar-refractivity contribution in [1.29, 1.82) is 0 Å². The fraction of sp³-hybridized carbons (Fsp3) is 0.857. The van der Waals surface area contributed by atoms with Crippen LogP contribution in [-0.2, 0) is 0 Å². The van der Waals surface area contributed by atoms with Gasteiger partial charge in [0.2, 0.25) is 0 Å². The molecule has 1 heteroatoms. The summed E-state index contributed by atoms with van der Waals surface area (Å²) in [4.78, 5) is 0. The van der Waals surface area contributed by atoms with E-state index in [0.29, 0.717) is 0 Å². The van der Waals surface area contributed by atoms with Gasteiger partial charge in [-0.2, -0.15) is 12.6 Å². The first-order valence-corrected chi connectivity index (χ1v) is 7.31. The number of allylic oxidation sites excluding steroid dienone is 1. The van der Waals surface area contributed by atoms with Crippen LogP contribution in [0.4, 0.5) is 0 Å². The molecule has 0 aromatic carbocycles. The molecule has 0 aliphatic carbocycles. The van der Waals surface area contributed by atoms with Gasteiger partial charge in [-0.25, -0.2) is 0 Å². The first-order valence-electron chi connectivity index (χ1n) is 6.67. The van der Waals surface area contributed by atoms with E-state index in [2.05, 4.69) is 31.7 Å².